The lowest BCUT2D eigenvalue weighted by molar-refractivity contribution is 0.221. The highest BCUT2D eigenvalue weighted by molar-refractivity contribution is 6.31. The van der Waals surface area contributed by atoms with Crippen LogP contribution in [0, 0.1) is 11.3 Å². The third kappa shape index (κ3) is 4.70. The van der Waals surface area contributed by atoms with Crippen molar-refractivity contribution in [1.29, 1.82) is 0 Å². The van der Waals surface area contributed by atoms with Crippen LogP contribution in [0.1, 0.15) is 59.4 Å². The van der Waals surface area contributed by atoms with Gasteiger partial charge in [-0.2, -0.15) is 5.10 Å². The van der Waals surface area contributed by atoms with Crippen molar-refractivity contribution in [2.24, 2.45) is 17.2 Å². The van der Waals surface area contributed by atoms with Crippen molar-refractivity contribution >= 4 is 11.6 Å². The van der Waals surface area contributed by atoms with E-state index in [9.17, 15) is 0 Å². The minimum Gasteiger partial charge on any atom is -0.271 e. The second kappa shape index (κ2) is 7.61. The zero-order valence-corrected chi connectivity index (χ0v) is 15.1. The van der Waals surface area contributed by atoms with Gasteiger partial charge in [0.25, 0.3) is 0 Å². The Morgan fingerprint density at radius 2 is 1.95 bits per heavy atom. The average Bonchev–Trinajstić information content (AvgIpc) is 2.73. The topological polar surface area (TPSA) is 55.9 Å². The second-order valence-electron chi connectivity index (χ2n) is 6.95. The Bertz CT molecular complexity index is 448. The molecule has 0 aromatic carbocycles. The number of nitrogens with zero attached hydrogens (tertiary/aromatic N) is 2. The fraction of sp³-hybridized carbons (Fsp3) is 0.812. The van der Waals surface area contributed by atoms with E-state index in [0.29, 0.717) is 5.92 Å². The van der Waals surface area contributed by atoms with Crippen molar-refractivity contribution in [3.05, 3.63) is 16.4 Å². The van der Waals surface area contributed by atoms with Gasteiger partial charge in [-0.15, -0.1) is 0 Å². The van der Waals surface area contributed by atoms with E-state index < -0.39 is 0 Å². The molecule has 0 aliphatic heterocycles. The number of halogens is 1. The smallest absolute Gasteiger partial charge is 0.0850 e. The lowest BCUT2D eigenvalue weighted by Crippen LogP contribution is -2.40. The van der Waals surface area contributed by atoms with Gasteiger partial charge in [0.1, 0.15) is 0 Å². The molecule has 0 saturated carbocycles. The van der Waals surface area contributed by atoms with E-state index in [4.69, 9.17) is 17.4 Å². The number of aromatic nitrogens is 2. The molecule has 0 bridgehead atoms. The minimum absolute atomic E-state index is 0.212. The van der Waals surface area contributed by atoms with Crippen molar-refractivity contribution in [1.82, 2.24) is 15.2 Å². The molecular weight excluding hydrogens is 284 g/mol. The molecule has 1 rings (SSSR count). The number of rotatable bonds is 7. The quantitative estimate of drug-likeness (QED) is 0.597. The molecule has 0 fully saturated rings. The monoisotopic (exact) mass is 314 g/mol. The highest BCUT2D eigenvalue weighted by Gasteiger charge is 2.25. The van der Waals surface area contributed by atoms with Crippen molar-refractivity contribution in [2.75, 3.05) is 0 Å². The molecule has 0 aliphatic carbocycles. The van der Waals surface area contributed by atoms with Crippen LogP contribution in [0.15, 0.2) is 0 Å². The van der Waals surface area contributed by atoms with Crippen LogP contribution in [0.5, 0.6) is 0 Å². The van der Waals surface area contributed by atoms with Crippen molar-refractivity contribution in [2.45, 2.75) is 73.4 Å². The van der Waals surface area contributed by atoms with E-state index in [-0.39, 0.29) is 11.5 Å². The highest BCUT2D eigenvalue weighted by Crippen LogP contribution is 2.30. The van der Waals surface area contributed by atoms with Crippen LogP contribution in [0.4, 0.5) is 0 Å². The van der Waals surface area contributed by atoms with Gasteiger partial charge < -0.3 is 0 Å². The second-order valence-corrected chi connectivity index (χ2v) is 7.33. The van der Waals surface area contributed by atoms with E-state index in [1.807, 2.05) is 4.68 Å². The van der Waals surface area contributed by atoms with Crippen molar-refractivity contribution in [3.63, 3.8) is 0 Å². The Kier molecular flexibility index (Phi) is 6.70. The Morgan fingerprint density at radius 3 is 2.38 bits per heavy atom. The first kappa shape index (κ1) is 18.5. The minimum atomic E-state index is 0.212. The third-order valence-electron chi connectivity index (χ3n) is 4.49. The number of nitrogens with two attached hydrogens (primary N) is 1. The normalized spacial score (nSPS) is 15.2. The summed E-state index contributed by atoms with van der Waals surface area (Å²) in [4.78, 5) is 0. The van der Waals surface area contributed by atoms with E-state index in [1.54, 1.807) is 0 Å². The predicted octanol–water partition coefficient (Wildman–Crippen LogP) is 3.57. The molecule has 2 unspecified atom stereocenters. The highest BCUT2D eigenvalue weighted by atomic mass is 35.5. The maximum atomic E-state index is 6.48. The molecule has 1 aromatic rings. The summed E-state index contributed by atoms with van der Waals surface area (Å²) in [5.41, 5.74) is 5.31. The van der Waals surface area contributed by atoms with Crippen molar-refractivity contribution < 1.29 is 0 Å². The summed E-state index contributed by atoms with van der Waals surface area (Å²) in [6, 6.07) is 0.212. The Hall–Kier alpha value is -0.580. The van der Waals surface area contributed by atoms with Crippen LogP contribution in [-0.2, 0) is 19.4 Å². The van der Waals surface area contributed by atoms with E-state index in [2.05, 4.69) is 52.1 Å². The summed E-state index contributed by atoms with van der Waals surface area (Å²) in [6.45, 7) is 14.1. The molecule has 1 heterocycles. The summed E-state index contributed by atoms with van der Waals surface area (Å²) in [7, 11) is 0. The maximum Gasteiger partial charge on any atom is 0.0850 e. The summed E-state index contributed by atoms with van der Waals surface area (Å²) < 4.78 is 2.01. The summed E-state index contributed by atoms with van der Waals surface area (Å²) in [6.07, 6.45) is 2.70. The van der Waals surface area contributed by atoms with Gasteiger partial charge in [-0.1, -0.05) is 46.2 Å². The predicted molar refractivity (Wildman–Crippen MR) is 90.3 cm³/mol. The zero-order valence-electron chi connectivity index (χ0n) is 14.3. The first-order valence-electron chi connectivity index (χ1n) is 7.94. The van der Waals surface area contributed by atoms with Crippen LogP contribution in [0.3, 0.4) is 0 Å². The van der Waals surface area contributed by atoms with Gasteiger partial charge in [-0.05, 0) is 31.1 Å². The first-order chi connectivity index (χ1) is 9.74. The summed E-state index contributed by atoms with van der Waals surface area (Å²) >= 11 is 6.48. The molecule has 1 aromatic heterocycles. The Morgan fingerprint density at radius 1 is 1.33 bits per heavy atom. The van der Waals surface area contributed by atoms with Crippen LogP contribution in [-0.4, -0.2) is 15.8 Å². The van der Waals surface area contributed by atoms with Crippen LogP contribution < -0.4 is 11.3 Å². The lowest BCUT2D eigenvalue weighted by Gasteiger charge is -2.30. The molecular formula is C16H31ClN4. The van der Waals surface area contributed by atoms with Gasteiger partial charge in [0.05, 0.1) is 16.4 Å². The van der Waals surface area contributed by atoms with Gasteiger partial charge >= 0.3 is 0 Å². The third-order valence-corrected chi connectivity index (χ3v) is 4.92. The molecule has 3 N–H and O–H groups in total. The molecule has 21 heavy (non-hydrogen) atoms. The van der Waals surface area contributed by atoms with Gasteiger partial charge in [-0.3, -0.25) is 16.0 Å². The number of hydrogen-bond donors (Lipinski definition) is 2. The fourth-order valence-corrected chi connectivity index (χ4v) is 2.78. The first-order valence-corrected chi connectivity index (χ1v) is 8.32. The van der Waals surface area contributed by atoms with Crippen molar-refractivity contribution in [3.8, 4) is 0 Å². The molecule has 5 heteroatoms. The fourth-order valence-electron chi connectivity index (χ4n) is 2.44. The Balaban J connectivity index is 2.89. The number of hydrogen-bond acceptors (Lipinski definition) is 3. The van der Waals surface area contributed by atoms with E-state index in [1.165, 1.54) is 0 Å². The standard InChI is InChI=1S/C16H31ClN4/c1-7-13-15(17)14(21(8-2)20-13)10-12(19-18)9-11(3)16(4,5)6/h11-12,19H,7-10,18H2,1-6H3. The summed E-state index contributed by atoms with van der Waals surface area (Å²) in [5, 5.41) is 5.39. The molecule has 122 valence electrons. The summed E-state index contributed by atoms with van der Waals surface area (Å²) in [5.74, 6) is 6.34. The van der Waals surface area contributed by atoms with Gasteiger partial charge in [-0.25, -0.2) is 0 Å². The largest absolute Gasteiger partial charge is 0.271 e. The van der Waals surface area contributed by atoms with Crippen LogP contribution in [0.25, 0.3) is 0 Å². The molecule has 4 nitrogen and oxygen atoms in total. The SMILES string of the molecule is CCc1nn(CC)c(CC(CC(C)C(C)(C)C)NN)c1Cl. The average molecular weight is 315 g/mol. The molecule has 0 radical (unpaired) electrons. The Labute approximate surface area is 134 Å². The molecule has 0 spiro atoms. The zero-order chi connectivity index (χ0) is 16.2. The number of hydrazine groups is 1. The number of aryl methyl sites for hydroxylation is 2. The van der Waals surface area contributed by atoms with Gasteiger partial charge in [0.15, 0.2) is 0 Å². The molecule has 0 saturated heterocycles. The molecule has 0 aliphatic rings. The number of nitrogens with one attached hydrogen (secondary N) is 1. The van der Waals surface area contributed by atoms with Gasteiger partial charge in [0, 0.05) is 19.0 Å². The van der Waals surface area contributed by atoms with E-state index >= 15 is 0 Å². The van der Waals surface area contributed by atoms with Gasteiger partial charge in [0.2, 0.25) is 0 Å². The molecule has 0 amide bonds. The lowest BCUT2D eigenvalue weighted by atomic mass is 9.78. The van der Waals surface area contributed by atoms with Crippen LogP contribution in [0.2, 0.25) is 5.02 Å². The van der Waals surface area contributed by atoms with E-state index in [0.717, 1.165) is 42.2 Å². The molecule has 2 atom stereocenters. The van der Waals surface area contributed by atoms with Crippen LogP contribution >= 0.6 is 11.6 Å². The maximum absolute atomic E-state index is 6.48.